The van der Waals surface area contributed by atoms with Gasteiger partial charge in [-0.25, -0.2) is 38.3 Å². The molecule has 2 saturated heterocycles. The summed E-state index contributed by atoms with van der Waals surface area (Å²) in [5, 5.41) is 12.0. The summed E-state index contributed by atoms with van der Waals surface area (Å²) in [4.78, 5) is 75.3. The zero-order valence-corrected chi connectivity index (χ0v) is 35.1. The highest BCUT2D eigenvalue weighted by molar-refractivity contribution is 5.95. The molecule has 8 heterocycles. The lowest BCUT2D eigenvalue weighted by atomic mass is 10.1. The van der Waals surface area contributed by atoms with Crippen molar-refractivity contribution in [2.24, 2.45) is 11.8 Å². The number of cyclic esters (lactones) is 2. The van der Waals surface area contributed by atoms with Crippen molar-refractivity contribution in [3.05, 3.63) is 70.1 Å². The van der Waals surface area contributed by atoms with Crippen molar-refractivity contribution in [3.8, 4) is 11.8 Å². The summed E-state index contributed by atoms with van der Waals surface area (Å²) in [6.45, 7) is 7.14. The molecule has 2 aliphatic carbocycles. The van der Waals surface area contributed by atoms with Crippen molar-refractivity contribution in [1.29, 1.82) is 0 Å². The molecule has 64 heavy (non-hydrogen) atoms. The zero-order chi connectivity index (χ0) is 44.5. The topological polar surface area (TPSA) is 237 Å². The molecule has 0 unspecified atom stereocenters. The second-order valence-electron chi connectivity index (χ2n) is 16.5. The van der Waals surface area contributed by atoms with Gasteiger partial charge in [0.2, 0.25) is 0 Å². The number of hydrogen-bond donors (Lipinski definition) is 4. The molecule has 4 aromatic heterocycles. The Bertz CT molecular complexity index is 2270. The molecule has 4 aliphatic heterocycles. The number of ether oxygens (including phenoxy) is 4. The molecule has 0 spiro atoms. The fourth-order valence-electron chi connectivity index (χ4n) is 8.75. The first kappa shape index (κ1) is 42.6. The van der Waals surface area contributed by atoms with Crippen molar-refractivity contribution >= 4 is 47.3 Å². The number of pyridine rings is 2. The van der Waals surface area contributed by atoms with Gasteiger partial charge in [-0.3, -0.25) is 29.4 Å². The molecule has 4 N–H and O–H groups in total. The van der Waals surface area contributed by atoms with Crippen LogP contribution in [0, 0.1) is 37.3 Å². The van der Waals surface area contributed by atoms with Crippen molar-refractivity contribution in [2.75, 3.05) is 72.9 Å². The van der Waals surface area contributed by atoms with Crippen molar-refractivity contribution < 1.29 is 46.9 Å². The van der Waals surface area contributed by atoms with Gasteiger partial charge in [0.25, 0.3) is 23.6 Å². The Kier molecular flexibility index (Phi) is 12.1. The van der Waals surface area contributed by atoms with Crippen molar-refractivity contribution in [3.63, 3.8) is 0 Å². The zero-order valence-electron chi connectivity index (χ0n) is 35.1. The van der Waals surface area contributed by atoms with Crippen LogP contribution in [0.2, 0.25) is 0 Å². The summed E-state index contributed by atoms with van der Waals surface area (Å²) < 4.78 is 49.3. The first-order valence-corrected chi connectivity index (χ1v) is 21.2. The van der Waals surface area contributed by atoms with Crippen LogP contribution in [0.5, 0.6) is 11.8 Å². The molecule has 336 valence electrons. The van der Waals surface area contributed by atoms with Crippen molar-refractivity contribution in [1.82, 2.24) is 40.5 Å². The quantitative estimate of drug-likeness (QED) is 0.150. The van der Waals surface area contributed by atoms with Gasteiger partial charge >= 0.3 is 12.2 Å². The van der Waals surface area contributed by atoms with E-state index in [1.54, 1.807) is 0 Å². The molecule has 22 heteroatoms. The van der Waals surface area contributed by atoms with Crippen LogP contribution in [-0.2, 0) is 44.7 Å². The van der Waals surface area contributed by atoms with E-state index in [0.29, 0.717) is 75.3 Å². The van der Waals surface area contributed by atoms with E-state index in [2.05, 4.69) is 51.2 Å². The van der Waals surface area contributed by atoms with Crippen LogP contribution in [0.25, 0.3) is 0 Å². The lowest BCUT2D eigenvalue weighted by Gasteiger charge is -2.18. The fraction of sp³-hybridized carbons (Fsp3) is 0.476. The molecule has 0 radical (unpaired) electrons. The number of aromatic nitrogens is 6. The molecular formula is C42H46F2N12O8. The van der Waals surface area contributed by atoms with Gasteiger partial charge in [-0.1, -0.05) is 0 Å². The van der Waals surface area contributed by atoms with Crippen LogP contribution < -0.4 is 40.5 Å². The molecule has 0 bridgehead atoms. The minimum Gasteiger partial charge on any atom is -0.465 e. The average molecular weight is 885 g/mol. The minimum atomic E-state index is -0.503. The van der Waals surface area contributed by atoms with Gasteiger partial charge < -0.3 is 40.2 Å². The molecule has 4 amide bonds. The standard InChI is InChI=1S/2C21H23FN6O4/c2*1-11-14-4-12(5-15(14)16(22)7-24-11)6-23-3-2-13-9-28(21(30)32-13)17-8-25-20-19(26-17)27-18(29)10-31-20/h2*7-8,12-13,23H,2-6,9-10H2,1H3,(H,26,27,29)/t12-,13+;12-,13-/m11/s1. The summed E-state index contributed by atoms with van der Waals surface area (Å²) in [7, 11) is 0. The maximum atomic E-state index is 14.0. The number of nitrogens with zero attached hydrogens (tertiary/aromatic N) is 8. The number of nitrogens with one attached hydrogen (secondary N) is 4. The van der Waals surface area contributed by atoms with E-state index in [-0.39, 0.29) is 72.3 Å². The van der Waals surface area contributed by atoms with Gasteiger partial charge in [0.05, 0.1) is 37.9 Å². The summed E-state index contributed by atoms with van der Waals surface area (Å²) in [5.41, 5.74) is 5.45. The van der Waals surface area contributed by atoms with E-state index < -0.39 is 12.2 Å². The lowest BCUT2D eigenvalue weighted by Crippen LogP contribution is -2.30. The van der Waals surface area contributed by atoms with Crippen LogP contribution in [-0.4, -0.2) is 119 Å². The molecular weight excluding hydrogens is 839 g/mol. The van der Waals surface area contributed by atoms with E-state index in [1.165, 1.54) is 34.6 Å². The number of hydrogen-bond acceptors (Lipinski definition) is 16. The predicted octanol–water partition coefficient (Wildman–Crippen LogP) is 2.74. The first-order chi connectivity index (χ1) is 30.9. The van der Waals surface area contributed by atoms with E-state index in [1.807, 2.05) is 13.8 Å². The molecule has 4 atom stereocenters. The number of rotatable bonds is 12. The second kappa shape index (κ2) is 18.2. The number of anilines is 4. The third-order valence-electron chi connectivity index (χ3n) is 12.0. The third kappa shape index (κ3) is 9.18. The van der Waals surface area contributed by atoms with Gasteiger partial charge in [-0.05, 0) is 113 Å². The van der Waals surface area contributed by atoms with Gasteiger partial charge in [-0.15, -0.1) is 0 Å². The van der Waals surface area contributed by atoms with Gasteiger partial charge in [0, 0.05) is 11.4 Å². The Morgan fingerprint density at radius 3 is 1.47 bits per heavy atom. The average Bonchev–Trinajstić information content (AvgIpc) is 4.09. The highest BCUT2D eigenvalue weighted by atomic mass is 19.1. The number of carbonyl (C=O) groups is 4. The molecule has 2 fully saturated rings. The largest absolute Gasteiger partial charge is 0.465 e. The SMILES string of the molecule is Cc1ncc(F)c2c1C[C@@H](CNCC[C@@H]1CN(c3cnc4c(n3)NC(=O)CO4)C(=O)O1)C2.Cc1ncc(F)c2c1C[C@@H](CNCC[C@H]1CN(c3cnc4c(n3)NC(=O)CO4)C(=O)O1)C2. The third-order valence-corrected chi connectivity index (χ3v) is 12.0. The van der Waals surface area contributed by atoms with E-state index in [0.717, 1.165) is 59.6 Å². The smallest absolute Gasteiger partial charge is 0.415 e. The highest BCUT2D eigenvalue weighted by Crippen LogP contribution is 2.33. The summed E-state index contributed by atoms with van der Waals surface area (Å²) in [6, 6.07) is 0. The van der Waals surface area contributed by atoms with E-state index in [9.17, 15) is 28.0 Å². The maximum absolute atomic E-state index is 14.0. The molecule has 0 aromatic carbocycles. The minimum absolute atomic E-state index is 0.111. The summed E-state index contributed by atoms with van der Waals surface area (Å²) in [5.74, 6) is 0.990. The van der Waals surface area contributed by atoms with Gasteiger partial charge in [0.1, 0.15) is 23.8 Å². The van der Waals surface area contributed by atoms with Gasteiger partial charge in [-0.2, -0.15) is 0 Å². The van der Waals surface area contributed by atoms with Crippen LogP contribution >= 0.6 is 0 Å². The maximum Gasteiger partial charge on any atom is 0.415 e. The van der Waals surface area contributed by atoms with Crippen LogP contribution in [0.1, 0.15) is 46.5 Å². The van der Waals surface area contributed by atoms with Crippen LogP contribution in [0.4, 0.5) is 41.6 Å². The van der Waals surface area contributed by atoms with E-state index in [4.69, 9.17) is 18.9 Å². The summed E-state index contributed by atoms with van der Waals surface area (Å²) >= 11 is 0. The summed E-state index contributed by atoms with van der Waals surface area (Å²) in [6.07, 6.45) is 8.20. The first-order valence-electron chi connectivity index (χ1n) is 21.2. The lowest BCUT2D eigenvalue weighted by molar-refractivity contribution is -0.119. The normalized spacial score (nSPS) is 21.6. The van der Waals surface area contributed by atoms with Crippen LogP contribution in [0.3, 0.4) is 0 Å². The Morgan fingerprint density at radius 1 is 0.625 bits per heavy atom. The fourth-order valence-corrected chi connectivity index (χ4v) is 8.75. The number of halogens is 2. The second-order valence-corrected chi connectivity index (χ2v) is 16.5. The molecule has 0 saturated carbocycles. The van der Waals surface area contributed by atoms with Crippen molar-refractivity contribution in [2.45, 2.75) is 64.6 Å². The van der Waals surface area contributed by atoms with Gasteiger partial charge in [0.15, 0.2) is 36.5 Å². The van der Waals surface area contributed by atoms with Crippen LogP contribution in [0.15, 0.2) is 24.8 Å². The monoisotopic (exact) mass is 884 g/mol. The predicted molar refractivity (Wildman–Crippen MR) is 222 cm³/mol. The number of fused-ring (bicyclic) bond motifs is 4. The Hall–Kier alpha value is -6.68. The number of carbonyl (C=O) groups excluding carboxylic acids is 4. The number of amides is 4. The molecule has 6 aliphatic rings. The Morgan fingerprint density at radius 2 is 1.05 bits per heavy atom. The van der Waals surface area contributed by atoms with E-state index >= 15 is 0 Å². The Labute approximate surface area is 365 Å². The molecule has 4 aromatic rings. The highest BCUT2D eigenvalue weighted by Gasteiger charge is 2.36. The number of aryl methyl sites for hydroxylation is 2. The molecule has 20 nitrogen and oxygen atoms in total. The molecule has 10 rings (SSSR count). The Balaban J connectivity index is 0.000000162.